The van der Waals surface area contributed by atoms with Crippen LogP contribution in [-0.4, -0.2) is 37.2 Å². The van der Waals surface area contributed by atoms with Crippen molar-refractivity contribution in [2.75, 3.05) is 20.1 Å². The van der Waals surface area contributed by atoms with Crippen LogP contribution in [-0.2, 0) is 10.2 Å². The molecule has 7 heteroatoms. The Kier molecular flexibility index (Phi) is 4.41. The third-order valence-electron chi connectivity index (χ3n) is 3.66. The van der Waals surface area contributed by atoms with Crippen LogP contribution in [0.25, 0.3) is 0 Å². The summed E-state index contributed by atoms with van der Waals surface area (Å²) in [5.74, 6) is -1.13. The molecule has 2 rings (SSSR count). The molecule has 0 aliphatic carbocycles. The number of benzene rings is 1. The van der Waals surface area contributed by atoms with E-state index in [1.165, 1.54) is 15.7 Å². The zero-order valence-corrected chi connectivity index (χ0v) is 12.3. The summed E-state index contributed by atoms with van der Waals surface area (Å²) in [6.07, 6.45) is 1.13. The average molecular weight is 304 g/mol. The molecule has 1 unspecified atom stereocenters. The molecule has 0 radical (unpaired) electrons. The Morgan fingerprint density at radius 3 is 2.75 bits per heavy atom. The van der Waals surface area contributed by atoms with E-state index in [4.69, 9.17) is 0 Å². The lowest BCUT2D eigenvalue weighted by molar-refractivity contribution is 0.345. The molecular weight excluding hydrogens is 286 g/mol. The van der Waals surface area contributed by atoms with Crippen molar-refractivity contribution in [3.05, 3.63) is 35.4 Å². The van der Waals surface area contributed by atoms with Crippen LogP contribution >= 0.6 is 0 Å². The van der Waals surface area contributed by atoms with Gasteiger partial charge in [0.05, 0.1) is 6.04 Å². The van der Waals surface area contributed by atoms with Crippen LogP contribution < -0.4 is 0 Å². The van der Waals surface area contributed by atoms with Gasteiger partial charge >= 0.3 is 0 Å². The summed E-state index contributed by atoms with van der Waals surface area (Å²) in [5.41, 5.74) is 0.107. The van der Waals surface area contributed by atoms with Crippen LogP contribution in [0.3, 0.4) is 0 Å². The predicted octanol–water partition coefficient (Wildman–Crippen LogP) is 2.30. The SMILES string of the molecule is CCN(C)S(=O)(=O)N1CCCC1c1cc(F)ccc1F. The number of hydrogen-bond donors (Lipinski definition) is 0. The Bertz CT molecular complexity index is 592. The van der Waals surface area contributed by atoms with Gasteiger partial charge in [-0.2, -0.15) is 17.0 Å². The minimum Gasteiger partial charge on any atom is -0.207 e. The van der Waals surface area contributed by atoms with E-state index in [-0.39, 0.29) is 5.56 Å². The van der Waals surface area contributed by atoms with Crippen molar-refractivity contribution < 1.29 is 17.2 Å². The van der Waals surface area contributed by atoms with E-state index in [1.54, 1.807) is 6.92 Å². The first kappa shape index (κ1) is 15.3. The van der Waals surface area contributed by atoms with Crippen molar-refractivity contribution in [1.29, 1.82) is 0 Å². The lowest BCUT2D eigenvalue weighted by atomic mass is 10.0. The highest BCUT2D eigenvalue weighted by Crippen LogP contribution is 2.36. The molecule has 4 nitrogen and oxygen atoms in total. The first-order valence-electron chi connectivity index (χ1n) is 6.56. The van der Waals surface area contributed by atoms with Gasteiger partial charge in [0.1, 0.15) is 11.6 Å². The first-order chi connectivity index (χ1) is 9.37. The van der Waals surface area contributed by atoms with Crippen molar-refractivity contribution in [2.24, 2.45) is 0 Å². The fourth-order valence-electron chi connectivity index (χ4n) is 2.44. The van der Waals surface area contributed by atoms with E-state index in [1.807, 2.05) is 0 Å². The Morgan fingerprint density at radius 2 is 2.10 bits per heavy atom. The summed E-state index contributed by atoms with van der Waals surface area (Å²) in [6.45, 7) is 2.38. The molecule has 0 spiro atoms. The average Bonchev–Trinajstić information content (AvgIpc) is 2.90. The van der Waals surface area contributed by atoms with Crippen LogP contribution in [0.4, 0.5) is 8.78 Å². The highest BCUT2D eigenvalue weighted by molar-refractivity contribution is 7.86. The number of rotatable bonds is 4. The lowest BCUT2D eigenvalue weighted by Crippen LogP contribution is -2.41. The summed E-state index contributed by atoms with van der Waals surface area (Å²) in [4.78, 5) is 0. The summed E-state index contributed by atoms with van der Waals surface area (Å²) in [6, 6.07) is 2.52. The summed E-state index contributed by atoms with van der Waals surface area (Å²) < 4.78 is 54.4. The zero-order chi connectivity index (χ0) is 14.9. The normalized spacial score (nSPS) is 20.8. The van der Waals surface area contributed by atoms with Crippen LogP contribution in [0.15, 0.2) is 18.2 Å². The molecule has 1 aliphatic heterocycles. The van der Waals surface area contributed by atoms with Crippen LogP contribution in [0.5, 0.6) is 0 Å². The topological polar surface area (TPSA) is 40.6 Å². The second-order valence-corrected chi connectivity index (χ2v) is 6.84. The quantitative estimate of drug-likeness (QED) is 0.856. The summed E-state index contributed by atoms with van der Waals surface area (Å²) >= 11 is 0. The van der Waals surface area contributed by atoms with E-state index < -0.39 is 27.9 Å². The third kappa shape index (κ3) is 2.70. The van der Waals surface area contributed by atoms with Crippen LogP contribution in [0.1, 0.15) is 31.4 Å². The van der Waals surface area contributed by atoms with Gasteiger partial charge in [-0.25, -0.2) is 8.78 Å². The van der Waals surface area contributed by atoms with Crippen molar-refractivity contribution in [2.45, 2.75) is 25.8 Å². The van der Waals surface area contributed by atoms with Crippen molar-refractivity contribution in [3.63, 3.8) is 0 Å². The van der Waals surface area contributed by atoms with Gasteiger partial charge in [-0.3, -0.25) is 0 Å². The van der Waals surface area contributed by atoms with Gasteiger partial charge in [0, 0.05) is 25.7 Å². The van der Waals surface area contributed by atoms with Crippen LogP contribution in [0, 0.1) is 11.6 Å². The van der Waals surface area contributed by atoms with E-state index in [9.17, 15) is 17.2 Å². The molecule has 1 atom stereocenters. The predicted molar refractivity (Wildman–Crippen MR) is 72.3 cm³/mol. The Labute approximate surface area is 118 Å². The van der Waals surface area contributed by atoms with Gasteiger partial charge in [-0.05, 0) is 31.0 Å². The maximum absolute atomic E-state index is 13.9. The molecular formula is C13H18F2N2O2S. The van der Waals surface area contributed by atoms with Gasteiger partial charge in [0.2, 0.25) is 0 Å². The van der Waals surface area contributed by atoms with E-state index in [0.29, 0.717) is 25.9 Å². The molecule has 1 saturated heterocycles. The van der Waals surface area contributed by atoms with Gasteiger partial charge in [0.25, 0.3) is 10.2 Å². The standard InChI is InChI=1S/C13H18F2N2O2S/c1-3-16(2)20(18,19)17-8-4-5-13(17)11-9-10(14)6-7-12(11)15/h6-7,9,13H,3-5,8H2,1-2H3. The smallest absolute Gasteiger partial charge is 0.207 e. The van der Waals surface area contributed by atoms with Crippen molar-refractivity contribution >= 4 is 10.2 Å². The number of nitrogens with zero attached hydrogens (tertiary/aromatic N) is 2. The van der Waals surface area contributed by atoms with E-state index in [2.05, 4.69) is 0 Å². The fourth-order valence-corrected chi connectivity index (χ4v) is 4.02. The molecule has 1 aromatic carbocycles. The number of hydrogen-bond acceptors (Lipinski definition) is 2. The first-order valence-corrected chi connectivity index (χ1v) is 7.95. The molecule has 0 aromatic heterocycles. The van der Waals surface area contributed by atoms with E-state index >= 15 is 0 Å². The highest BCUT2D eigenvalue weighted by Gasteiger charge is 2.38. The van der Waals surface area contributed by atoms with Gasteiger partial charge in [-0.1, -0.05) is 6.92 Å². The maximum Gasteiger partial charge on any atom is 0.282 e. The molecule has 20 heavy (non-hydrogen) atoms. The summed E-state index contributed by atoms with van der Waals surface area (Å²) in [7, 11) is -2.16. The van der Waals surface area contributed by atoms with Crippen molar-refractivity contribution in [1.82, 2.24) is 8.61 Å². The molecule has 1 aliphatic rings. The van der Waals surface area contributed by atoms with Gasteiger partial charge in [0.15, 0.2) is 0 Å². The highest BCUT2D eigenvalue weighted by atomic mass is 32.2. The van der Waals surface area contributed by atoms with Gasteiger partial charge < -0.3 is 0 Å². The third-order valence-corrected chi connectivity index (χ3v) is 5.73. The number of halogens is 2. The van der Waals surface area contributed by atoms with Crippen LogP contribution in [0.2, 0.25) is 0 Å². The minimum atomic E-state index is -3.64. The molecule has 0 N–H and O–H groups in total. The molecule has 1 fully saturated rings. The second kappa shape index (κ2) is 5.75. The Morgan fingerprint density at radius 1 is 1.40 bits per heavy atom. The van der Waals surface area contributed by atoms with Gasteiger partial charge in [-0.15, -0.1) is 0 Å². The molecule has 112 valence electrons. The van der Waals surface area contributed by atoms with Crippen molar-refractivity contribution in [3.8, 4) is 0 Å². The maximum atomic E-state index is 13.9. The summed E-state index contributed by atoms with van der Waals surface area (Å²) in [5, 5.41) is 0. The van der Waals surface area contributed by atoms with E-state index in [0.717, 1.165) is 18.2 Å². The minimum absolute atomic E-state index is 0.107. The Balaban J connectivity index is 2.39. The second-order valence-electron chi connectivity index (χ2n) is 4.86. The molecule has 0 amide bonds. The zero-order valence-electron chi connectivity index (χ0n) is 11.5. The molecule has 1 heterocycles. The fraction of sp³-hybridized carbons (Fsp3) is 0.538. The molecule has 1 aromatic rings. The monoisotopic (exact) mass is 304 g/mol. The molecule has 0 saturated carbocycles. The molecule has 0 bridgehead atoms. The largest absolute Gasteiger partial charge is 0.282 e. The lowest BCUT2D eigenvalue weighted by Gasteiger charge is -2.28. The Hall–Kier alpha value is -1.05.